The van der Waals surface area contributed by atoms with Crippen molar-refractivity contribution in [1.82, 2.24) is 19.5 Å². The van der Waals surface area contributed by atoms with E-state index in [-0.39, 0.29) is 5.56 Å². The summed E-state index contributed by atoms with van der Waals surface area (Å²) in [5, 5.41) is 2.61. The van der Waals surface area contributed by atoms with Crippen LogP contribution in [0.2, 0.25) is 0 Å². The van der Waals surface area contributed by atoms with Crippen LogP contribution in [0.5, 0.6) is 0 Å². The lowest BCUT2D eigenvalue weighted by molar-refractivity contribution is -0.141. The van der Waals surface area contributed by atoms with Gasteiger partial charge in [0.25, 0.3) is 5.91 Å². The number of nitrogens with zero attached hydrogens (tertiary/aromatic N) is 4. The fraction of sp³-hybridized carbons (Fsp3) is 0.250. The Morgan fingerprint density at radius 3 is 2.68 bits per heavy atom. The molecule has 3 heterocycles. The van der Waals surface area contributed by atoms with Gasteiger partial charge in [0.15, 0.2) is 5.65 Å². The molecule has 0 unspecified atom stereocenters. The van der Waals surface area contributed by atoms with Gasteiger partial charge in [0.05, 0.1) is 5.56 Å². The molecule has 0 aliphatic heterocycles. The van der Waals surface area contributed by atoms with Crippen LogP contribution >= 0.6 is 0 Å². The molecule has 0 saturated carbocycles. The van der Waals surface area contributed by atoms with Crippen molar-refractivity contribution >= 4 is 23.0 Å². The number of anilines is 1. The summed E-state index contributed by atoms with van der Waals surface area (Å²) in [6, 6.07) is 5.35. The van der Waals surface area contributed by atoms with Gasteiger partial charge < -0.3 is 0 Å². The van der Waals surface area contributed by atoms with Gasteiger partial charge in [-0.2, -0.15) is 13.2 Å². The summed E-state index contributed by atoms with van der Waals surface area (Å²) in [6.07, 6.45) is -1.23. The van der Waals surface area contributed by atoms with Crippen LogP contribution in [0.25, 0.3) is 11.2 Å². The van der Waals surface area contributed by atoms with Crippen LogP contribution in [-0.4, -0.2) is 25.4 Å². The molecule has 9 heteroatoms. The number of carbonyl (C=O) groups is 1. The number of pyridine rings is 2. The summed E-state index contributed by atoms with van der Waals surface area (Å²) in [7, 11) is 0. The van der Waals surface area contributed by atoms with Crippen molar-refractivity contribution in [2.24, 2.45) is 0 Å². The maximum Gasteiger partial charge on any atom is 0.433 e. The van der Waals surface area contributed by atoms with Crippen LogP contribution < -0.4 is 5.32 Å². The molecule has 0 saturated heterocycles. The standard InChI is InChI=1S/C16H14F3N5O/c1-2-8-24-13-11(4-3-7-20-13)22-15(24)23-14(25)10-5-6-12(21-9-10)16(17,18)19/h3-7,9H,2,8H2,1H3,(H,22,23,25). The molecule has 0 fully saturated rings. The van der Waals surface area contributed by atoms with Crippen molar-refractivity contribution in [3.05, 3.63) is 47.9 Å². The van der Waals surface area contributed by atoms with E-state index in [0.29, 0.717) is 23.7 Å². The van der Waals surface area contributed by atoms with Crippen molar-refractivity contribution in [3.63, 3.8) is 0 Å². The Morgan fingerprint density at radius 2 is 2.04 bits per heavy atom. The predicted molar refractivity (Wildman–Crippen MR) is 85.0 cm³/mol. The molecule has 1 amide bonds. The van der Waals surface area contributed by atoms with Crippen molar-refractivity contribution in [3.8, 4) is 0 Å². The molecular weight excluding hydrogens is 335 g/mol. The normalized spacial score (nSPS) is 11.7. The highest BCUT2D eigenvalue weighted by atomic mass is 19.4. The van der Waals surface area contributed by atoms with E-state index in [1.54, 1.807) is 22.9 Å². The predicted octanol–water partition coefficient (Wildman–Crippen LogP) is 3.51. The van der Waals surface area contributed by atoms with E-state index in [0.717, 1.165) is 24.8 Å². The Balaban J connectivity index is 1.88. The van der Waals surface area contributed by atoms with Crippen LogP contribution in [0.15, 0.2) is 36.7 Å². The van der Waals surface area contributed by atoms with E-state index in [1.165, 1.54) is 0 Å². The highest BCUT2D eigenvalue weighted by Gasteiger charge is 2.32. The van der Waals surface area contributed by atoms with Gasteiger partial charge >= 0.3 is 6.18 Å². The van der Waals surface area contributed by atoms with Crippen molar-refractivity contribution in [2.75, 3.05) is 5.32 Å². The molecule has 0 aromatic carbocycles. The van der Waals surface area contributed by atoms with E-state index in [2.05, 4.69) is 20.3 Å². The highest BCUT2D eigenvalue weighted by Crippen LogP contribution is 2.27. The average molecular weight is 349 g/mol. The third-order valence-electron chi connectivity index (χ3n) is 3.49. The fourth-order valence-electron chi connectivity index (χ4n) is 2.36. The number of imidazole rings is 1. The number of alkyl halides is 3. The third-order valence-corrected chi connectivity index (χ3v) is 3.49. The lowest BCUT2D eigenvalue weighted by Crippen LogP contribution is -2.17. The van der Waals surface area contributed by atoms with E-state index < -0.39 is 17.8 Å². The topological polar surface area (TPSA) is 72.7 Å². The molecule has 0 radical (unpaired) electrons. The Morgan fingerprint density at radius 1 is 1.24 bits per heavy atom. The molecule has 3 aromatic heterocycles. The van der Waals surface area contributed by atoms with Crippen molar-refractivity contribution in [2.45, 2.75) is 26.1 Å². The minimum atomic E-state index is -4.55. The second kappa shape index (κ2) is 6.50. The van der Waals surface area contributed by atoms with Gasteiger partial charge in [0, 0.05) is 18.9 Å². The number of halogens is 3. The van der Waals surface area contributed by atoms with Crippen molar-refractivity contribution in [1.29, 1.82) is 0 Å². The number of aromatic nitrogens is 4. The Kier molecular flexibility index (Phi) is 4.39. The first-order valence-electron chi connectivity index (χ1n) is 7.56. The first kappa shape index (κ1) is 16.9. The molecule has 0 aliphatic rings. The van der Waals surface area contributed by atoms with Crippen LogP contribution in [0, 0.1) is 0 Å². The van der Waals surface area contributed by atoms with E-state index >= 15 is 0 Å². The van der Waals surface area contributed by atoms with Gasteiger partial charge in [-0.25, -0.2) is 9.97 Å². The van der Waals surface area contributed by atoms with Crippen LogP contribution in [-0.2, 0) is 12.7 Å². The van der Waals surface area contributed by atoms with Gasteiger partial charge in [-0.15, -0.1) is 0 Å². The average Bonchev–Trinajstić information content (AvgIpc) is 2.92. The monoisotopic (exact) mass is 349 g/mol. The lowest BCUT2D eigenvalue weighted by atomic mass is 10.2. The van der Waals surface area contributed by atoms with Gasteiger partial charge in [-0.3, -0.25) is 19.7 Å². The lowest BCUT2D eigenvalue weighted by Gasteiger charge is -2.09. The second-order valence-corrected chi connectivity index (χ2v) is 5.32. The first-order valence-corrected chi connectivity index (χ1v) is 7.56. The molecule has 3 rings (SSSR count). The molecule has 3 aromatic rings. The van der Waals surface area contributed by atoms with Gasteiger partial charge in [-0.05, 0) is 30.7 Å². The second-order valence-electron chi connectivity index (χ2n) is 5.32. The summed E-state index contributed by atoms with van der Waals surface area (Å²) >= 11 is 0. The molecule has 25 heavy (non-hydrogen) atoms. The SMILES string of the molecule is CCCn1c(NC(=O)c2ccc(C(F)(F)F)nc2)nc2cccnc21. The summed E-state index contributed by atoms with van der Waals surface area (Å²) < 4.78 is 39.4. The van der Waals surface area contributed by atoms with Crippen molar-refractivity contribution < 1.29 is 18.0 Å². The highest BCUT2D eigenvalue weighted by molar-refractivity contribution is 6.03. The summed E-state index contributed by atoms with van der Waals surface area (Å²) in [6.45, 7) is 2.56. The number of rotatable bonds is 4. The summed E-state index contributed by atoms with van der Waals surface area (Å²) in [4.78, 5) is 24.2. The molecular formula is C16H14F3N5O. The largest absolute Gasteiger partial charge is 0.433 e. The molecule has 1 N–H and O–H groups in total. The van der Waals surface area contributed by atoms with E-state index in [9.17, 15) is 18.0 Å². The Bertz CT molecular complexity index is 902. The minimum absolute atomic E-state index is 0.0102. The zero-order valence-corrected chi connectivity index (χ0v) is 13.2. The number of carbonyl (C=O) groups excluding carboxylic acids is 1. The van der Waals surface area contributed by atoms with Gasteiger partial charge in [0.2, 0.25) is 5.95 Å². The number of fused-ring (bicyclic) bond motifs is 1. The van der Waals surface area contributed by atoms with Gasteiger partial charge in [-0.1, -0.05) is 6.92 Å². The Hall–Kier alpha value is -2.97. The molecule has 0 atom stereocenters. The number of aryl methyl sites for hydroxylation is 1. The van der Waals surface area contributed by atoms with Crippen LogP contribution in [0.3, 0.4) is 0 Å². The Labute approximate surface area is 140 Å². The summed E-state index contributed by atoms with van der Waals surface area (Å²) in [5.74, 6) is -0.297. The minimum Gasteiger partial charge on any atom is -0.295 e. The summed E-state index contributed by atoms with van der Waals surface area (Å²) in [5.41, 5.74) is 0.213. The number of amides is 1. The molecule has 6 nitrogen and oxygen atoms in total. The number of nitrogens with one attached hydrogen (secondary N) is 1. The van der Waals surface area contributed by atoms with E-state index in [4.69, 9.17) is 0 Å². The third kappa shape index (κ3) is 3.44. The maximum absolute atomic E-state index is 12.5. The zero-order chi connectivity index (χ0) is 18.0. The maximum atomic E-state index is 12.5. The number of hydrogen-bond donors (Lipinski definition) is 1. The molecule has 0 bridgehead atoms. The zero-order valence-electron chi connectivity index (χ0n) is 13.2. The quantitative estimate of drug-likeness (QED) is 0.782. The number of hydrogen-bond acceptors (Lipinski definition) is 4. The van der Waals surface area contributed by atoms with Gasteiger partial charge in [0.1, 0.15) is 11.2 Å². The fourth-order valence-corrected chi connectivity index (χ4v) is 2.36. The molecule has 0 aliphatic carbocycles. The smallest absolute Gasteiger partial charge is 0.295 e. The molecule has 130 valence electrons. The van der Waals surface area contributed by atoms with E-state index in [1.807, 2.05) is 6.92 Å². The molecule has 0 spiro atoms. The van der Waals surface area contributed by atoms with Crippen LogP contribution in [0.1, 0.15) is 29.4 Å². The first-order chi connectivity index (χ1) is 11.9. The van der Waals surface area contributed by atoms with Crippen LogP contribution in [0.4, 0.5) is 19.1 Å².